The van der Waals surface area contributed by atoms with Gasteiger partial charge >= 0.3 is 0 Å². The lowest BCUT2D eigenvalue weighted by Crippen LogP contribution is -1.82. The van der Waals surface area contributed by atoms with Crippen LogP contribution in [0.4, 0.5) is 0 Å². The van der Waals surface area contributed by atoms with Crippen LogP contribution in [-0.4, -0.2) is 0 Å². The Hall–Kier alpha value is -1.54. The van der Waals surface area contributed by atoms with Crippen molar-refractivity contribution in [2.75, 3.05) is 0 Å². The van der Waals surface area contributed by atoms with Crippen LogP contribution in [0.3, 0.4) is 0 Å². The molecule has 0 saturated heterocycles. The summed E-state index contributed by atoms with van der Waals surface area (Å²) in [6.45, 7) is 4.22. The van der Waals surface area contributed by atoms with Crippen molar-refractivity contribution >= 4 is 26.9 Å². The van der Waals surface area contributed by atoms with Crippen LogP contribution in [0.2, 0.25) is 0 Å². The number of fused-ring (bicyclic) bond motifs is 1. The highest BCUT2D eigenvalue weighted by molar-refractivity contribution is 9.10. The number of benzene rings is 2. The van der Waals surface area contributed by atoms with E-state index in [1.54, 1.807) is 0 Å². The number of furan rings is 1. The molecule has 0 N–H and O–H groups in total. The van der Waals surface area contributed by atoms with Crippen LogP contribution >= 0.6 is 15.9 Å². The molecular weight excluding hydrogens is 288 g/mol. The number of halogens is 1. The molecule has 0 aliphatic rings. The van der Waals surface area contributed by atoms with Crippen LogP contribution in [0.1, 0.15) is 11.1 Å². The zero-order valence-corrected chi connectivity index (χ0v) is 11.9. The van der Waals surface area contributed by atoms with Crippen molar-refractivity contribution in [3.63, 3.8) is 0 Å². The first-order valence-electron chi connectivity index (χ1n) is 5.90. The van der Waals surface area contributed by atoms with Gasteiger partial charge in [0.1, 0.15) is 5.58 Å². The molecule has 0 saturated carbocycles. The van der Waals surface area contributed by atoms with E-state index in [9.17, 15) is 0 Å². The molecule has 3 aromatic rings. The van der Waals surface area contributed by atoms with E-state index < -0.39 is 0 Å². The predicted octanol–water partition coefficient (Wildman–Crippen LogP) is 5.48. The van der Waals surface area contributed by atoms with E-state index in [0.29, 0.717) is 0 Å². The molecule has 0 amide bonds. The highest BCUT2D eigenvalue weighted by atomic mass is 79.9. The highest BCUT2D eigenvalue weighted by Crippen LogP contribution is 2.36. The molecule has 1 heterocycles. The van der Waals surface area contributed by atoms with Gasteiger partial charge in [0, 0.05) is 15.4 Å². The molecule has 1 aromatic heterocycles. The number of hydrogen-bond donors (Lipinski definition) is 0. The van der Waals surface area contributed by atoms with Crippen LogP contribution in [0.15, 0.2) is 51.6 Å². The third-order valence-corrected chi connectivity index (χ3v) is 3.87. The third kappa shape index (κ3) is 1.77. The third-order valence-electron chi connectivity index (χ3n) is 3.18. The lowest BCUT2D eigenvalue weighted by molar-refractivity contribution is 0.616. The van der Waals surface area contributed by atoms with E-state index in [4.69, 9.17) is 4.42 Å². The molecular formula is C16H13BrO. The lowest BCUT2D eigenvalue weighted by atomic mass is 10.00. The van der Waals surface area contributed by atoms with Gasteiger partial charge in [-0.05, 0) is 42.7 Å². The summed E-state index contributed by atoms with van der Waals surface area (Å²) < 4.78 is 6.79. The lowest BCUT2D eigenvalue weighted by Gasteiger charge is -2.04. The summed E-state index contributed by atoms with van der Waals surface area (Å²) in [7, 11) is 0. The van der Waals surface area contributed by atoms with Gasteiger partial charge in [0.25, 0.3) is 0 Å². The van der Waals surface area contributed by atoms with E-state index in [-0.39, 0.29) is 0 Å². The second kappa shape index (κ2) is 4.29. The Kier molecular flexibility index (Phi) is 2.75. The summed E-state index contributed by atoms with van der Waals surface area (Å²) in [6, 6.07) is 12.5. The minimum atomic E-state index is 0.957. The van der Waals surface area contributed by atoms with Gasteiger partial charge in [-0.1, -0.05) is 40.2 Å². The molecule has 1 nitrogen and oxygen atoms in total. The Bertz CT molecular complexity index is 725. The fraction of sp³-hybridized carbons (Fsp3) is 0.125. The van der Waals surface area contributed by atoms with Crippen LogP contribution in [-0.2, 0) is 0 Å². The molecule has 3 rings (SSSR count). The fourth-order valence-electron chi connectivity index (χ4n) is 2.43. The van der Waals surface area contributed by atoms with Crippen LogP contribution in [0.5, 0.6) is 0 Å². The van der Waals surface area contributed by atoms with E-state index in [1.165, 1.54) is 22.1 Å². The first-order valence-corrected chi connectivity index (χ1v) is 6.69. The van der Waals surface area contributed by atoms with Crippen molar-refractivity contribution in [3.8, 4) is 11.1 Å². The number of hydrogen-bond acceptors (Lipinski definition) is 1. The van der Waals surface area contributed by atoms with E-state index in [0.717, 1.165) is 15.6 Å². The summed E-state index contributed by atoms with van der Waals surface area (Å²) in [5, 5.41) is 1.20. The highest BCUT2D eigenvalue weighted by Gasteiger charge is 2.12. The summed E-state index contributed by atoms with van der Waals surface area (Å²) in [5.74, 6) is 0. The van der Waals surface area contributed by atoms with Crippen molar-refractivity contribution in [1.82, 2.24) is 0 Å². The van der Waals surface area contributed by atoms with Gasteiger partial charge < -0.3 is 4.42 Å². The SMILES string of the molecule is Cc1cc(C)c2c(-c3ccccc3Br)coc2c1. The molecule has 90 valence electrons. The average molecular weight is 301 g/mol. The summed E-state index contributed by atoms with van der Waals surface area (Å²) in [5.41, 5.74) is 5.76. The first-order chi connectivity index (χ1) is 8.66. The van der Waals surface area contributed by atoms with Gasteiger partial charge in [0.15, 0.2) is 0 Å². The zero-order chi connectivity index (χ0) is 12.7. The summed E-state index contributed by atoms with van der Waals surface area (Å²) in [4.78, 5) is 0. The monoisotopic (exact) mass is 300 g/mol. The van der Waals surface area contributed by atoms with Crippen molar-refractivity contribution in [3.05, 3.63) is 58.3 Å². The second-order valence-electron chi connectivity index (χ2n) is 4.58. The second-order valence-corrected chi connectivity index (χ2v) is 5.44. The van der Waals surface area contributed by atoms with Crippen molar-refractivity contribution in [2.45, 2.75) is 13.8 Å². The van der Waals surface area contributed by atoms with Gasteiger partial charge in [-0.3, -0.25) is 0 Å². The van der Waals surface area contributed by atoms with Crippen LogP contribution < -0.4 is 0 Å². The fourth-order valence-corrected chi connectivity index (χ4v) is 2.92. The minimum Gasteiger partial charge on any atom is -0.464 e. The molecule has 0 unspecified atom stereocenters. The standard InChI is InChI=1S/C16H13BrO/c1-10-7-11(2)16-13(9-18-15(16)8-10)12-5-3-4-6-14(12)17/h3-9H,1-2H3. The van der Waals surface area contributed by atoms with Gasteiger partial charge in [-0.2, -0.15) is 0 Å². The van der Waals surface area contributed by atoms with Gasteiger partial charge in [0.2, 0.25) is 0 Å². The summed E-state index contributed by atoms with van der Waals surface area (Å²) in [6.07, 6.45) is 1.84. The first kappa shape index (κ1) is 11.5. The van der Waals surface area contributed by atoms with Gasteiger partial charge in [-0.25, -0.2) is 0 Å². The maximum Gasteiger partial charge on any atom is 0.135 e. The Labute approximate surface area is 115 Å². The zero-order valence-electron chi connectivity index (χ0n) is 10.3. The maximum atomic E-state index is 5.70. The summed E-state index contributed by atoms with van der Waals surface area (Å²) >= 11 is 3.60. The van der Waals surface area contributed by atoms with E-state index in [1.807, 2.05) is 18.4 Å². The molecule has 2 aromatic carbocycles. The minimum absolute atomic E-state index is 0.957. The molecule has 18 heavy (non-hydrogen) atoms. The molecule has 0 aliphatic carbocycles. The Morgan fingerprint density at radius 1 is 1.00 bits per heavy atom. The number of aryl methyl sites for hydroxylation is 2. The maximum absolute atomic E-state index is 5.70. The molecule has 0 radical (unpaired) electrons. The predicted molar refractivity (Wildman–Crippen MR) is 78.8 cm³/mol. The van der Waals surface area contributed by atoms with Gasteiger partial charge in [0.05, 0.1) is 6.26 Å². The Morgan fingerprint density at radius 2 is 1.78 bits per heavy atom. The molecule has 0 fully saturated rings. The van der Waals surface area contributed by atoms with Gasteiger partial charge in [-0.15, -0.1) is 0 Å². The van der Waals surface area contributed by atoms with E-state index >= 15 is 0 Å². The average Bonchev–Trinajstić information content (AvgIpc) is 2.73. The van der Waals surface area contributed by atoms with Crippen molar-refractivity contribution in [2.24, 2.45) is 0 Å². The molecule has 0 atom stereocenters. The van der Waals surface area contributed by atoms with Crippen LogP contribution in [0.25, 0.3) is 22.1 Å². The molecule has 0 bridgehead atoms. The normalized spacial score (nSPS) is 11.1. The van der Waals surface area contributed by atoms with E-state index in [2.05, 4.69) is 54.0 Å². The Balaban J connectivity index is 2.35. The van der Waals surface area contributed by atoms with Crippen molar-refractivity contribution in [1.29, 1.82) is 0 Å². The largest absolute Gasteiger partial charge is 0.464 e. The molecule has 0 aliphatic heterocycles. The van der Waals surface area contributed by atoms with Crippen LogP contribution in [0, 0.1) is 13.8 Å². The molecule has 2 heteroatoms. The Morgan fingerprint density at radius 3 is 2.56 bits per heavy atom. The van der Waals surface area contributed by atoms with Crippen molar-refractivity contribution < 1.29 is 4.42 Å². The smallest absolute Gasteiger partial charge is 0.135 e. The quantitative estimate of drug-likeness (QED) is 0.580. The number of rotatable bonds is 1. The topological polar surface area (TPSA) is 13.1 Å². The molecule has 0 spiro atoms.